The zero-order valence-corrected chi connectivity index (χ0v) is 59.7. The van der Waals surface area contributed by atoms with Gasteiger partial charge in [-0.25, -0.2) is 14.4 Å². The van der Waals surface area contributed by atoms with Crippen LogP contribution < -0.4 is 0 Å². The molecule has 554 valence electrons. The highest BCUT2D eigenvalue weighted by molar-refractivity contribution is 5.90. The Balaban J connectivity index is 0.000000140. The molecule has 0 aromatic rings. The molecule has 0 radical (unpaired) electrons. The summed E-state index contributed by atoms with van der Waals surface area (Å²) in [6.07, 6.45) is 25.3. The summed E-state index contributed by atoms with van der Waals surface area (Å²) in [4.78, 5) is 70.3. The minimum atomic E-state index is -4.72. The smallest absolute Gasteiger partial charge is 0.422 e. The quantitative estimate of drug-likeness (QED) is 0.0671. The first-order valence-corrected chi connectivity index (χ1v) is 36.4. The van der Waals surface area contributed by atoms with Crippen molar-refractivity contribution in [3.05, 3.63) is 72.9 Å². The molecule has 0 N–H and O–H groups in total. The Morgan fingerprint density at radius 2 is 0.626 bits per heavy atom. The summed E-state index contributed by atoms with van der Waals surface area (Å²) in [7, 11) is 0. The van der Waals surface area contributed by atoms with Crippen LogP contribution in [0.5, 0.6) is 0 Å². The lowest BCUT2D eigenvalue weighted by Gasteiger charge is -2.59. The number of carbonyl (C=O) groups is 6. The van der Waals surface area contributed by atoms with Gasteiger partial charge in [-0.05, 0) is 306 Å². The second kappa shape index (κ2) is 29.4. The molecule has 13 saturated carbocycles. The van der Waals surface area contributed by atoms with Crippen molar-refractivity contribution in [1.29, 1.82) is 0 Å². The fourth-order valence-corrected chi connectivity index (χ4v) is 19.4. The number of allylic oxidation sites excluding steroid dienone is 6. The van der Waals surface area contributed by atoms with E-state index in [0.717, 1.165) is 88.9 Å². The molecule has 16 rings (SSSR count). The van der Waals surface area contributed by atoms with Gasteiger partial charge < -0.3 is 28.4 Å². The minimum absolute atomic E-state index is 0.00523. The Morgan fingerprint density at radius 1 is 0.343 bits per heavy atom. The molecule has 0 spiro atoms. The molecule has 13 fully saturated rings. The van der Waals surface area contributed by atoms with E-state index in [-0.39, 0.29) is 64.3 Å². The molecule has 0 amide bonds. The van der Waals surface area contributed by atoms with Crippen molar-refractivity contribution in [3.8, 4) is 0 Å². The highest BCUT2D eigenvalue weighted by Crippen LogP contribution is 2.62. The van der Waals surface area contributed by atoms with Crippen LogP contribution in [0, 0.1) is 101 Å². The van der Waals surface area contributed by atoms with Crippen molar-refractivity contribution in [2.75, 3.05) is 0 Å². The van der Waals surface area contributed by atoms with Gasteiger partial charge in [0, 0.05) is 0 Å². The van der Waals surface area contributed by atoms with Crippen molar-refractivity contribution >= 4 is 35.8 Å². The average Bonchev–Trinajstić information content (AvgIpc) is 1.67. The van der Waals surface area contributed by atoms with Crippen LogP contribution in [0.4, 0.5) is 39.5 Å². The highest BCUT2D eigenvalue weighted by Gasteiger charge is 2.60. The number of hydrogen-bond donors (Lipinski definition) is 0. The van der Waals surface area contributed by atoms with Crippen molar-refractivity contribution in [3.63, 3.8) is 0 Å². The van der Waals surface area contributed by atoms with Gasteiger partial charge in [0.1, 0.15) is 50.3 Å². The topological polar surface area (TPSA) is 158 Å². The maximum absolute atomic E-state index is 12.8. The van der Waals surface area contributed by atoms with Crippen LogP contribution in [0.25, 0.3) is 0 Å². The van der Waals surface area contributed by atoms with E-state index in [4.69, 9.17) is 23.7 Å². The van der Waals surface area contributed by atoms with Gasteiger partial charge >= 0.3 is 54.3 Å². The van der Waals surface area contributed by atoms with Crippen LogP contribution in [-0.4, -0.2) is 88.0 Å². The SMILES string of the molecule is C=C(C(=O)OC(C)(C)C)C(F)(F)F.C=C(C(=O)OC1(C)C2CC3CC(C2)CC1C3)C(F)(F)F.C=C(C(=O)OC1(C)CCCC1)C(F)(F)F.CC(C)(C)OC(=O)C1CC2C=CC1C2.CC1(OC(=O)C2CC3C=CC2C3)C2CC3CC(C2)CC1C3.CC1(OC(=O)C2CC3C=CC2C3)CCCC1. The van der Waals surface area contributed by atoms with Crippen LogP contribution >= 0.6 is 0 Å². The van der Waals surface area contributed by atoms with E-state index in [9.17, 15) is 68.3 Å². The van der Waals surface area contributed by atoms with E-state index in [1.54, 1.807) is 6.92 Å². The van der Waals surface area contributed by atoms with Gasteiger partial charge in [0.2, 0.25) is 0 Å². The highest BCUT2D eigenvalue weighted by atomic mass is 19.4. The monoisotopic (exact) mass is 1410 g/mol. The summed E-state index contributed by atoms with van der Waals surface area (Å²) in [5.41, 5.74) is -7.37. The average molecular weight is 1410 g/mol. The predicted molar refractivity (Wildman–Crippen MR) is 353 cm³/mol. The Bertz CT molecular complexity index is 3050. The molecule has 99 heavy (non-hydrogen) atoms. The zero-order valence-electron chi connectivity index (χ0n) is 59.7. The molecule has 12 nitrogen and oxygen atoms in total. The number of halogens is 9. The van der Waals surface area contributed by atoms with Crippen LogP contribution in [-0.2, 0) is 57.2 Å². The Labute approximate surface area is 579 Å². The third-order valence-electron chi connectivity index (χ3n) is 24.5. The van der Waals surface area contributed by atoms with Gasteiger partial charge in [-0.3, -0.25) is 14.4 Å². The zero-order chi connectivity index (χ0) is 73.0. The molecule has 14 bridgehead atoms. The summed E-state index contributed by atoms with van der Waals surface area (Å²) in [6, 6.07) is 0. The number of ether oxygens (including phenoxy) is 6. The molecule has 16 aliphatic carbocycles. The van der Waals surface area contributed by atoms with Gasteiger partial charge in [-0.1, -0.05) is 56.2 Å². The Morgan fingerprint density at radius 3 is 0.919 bits per heavy atom. The van der Waals surface area contributed by atoms with Gasteiger partial charge in [-0.2, -0.15) is 39.5 Å². The van der Waals surface area contributed by atoms with E-state index in [0.29, 0.717) is 72.0 Å². The summed E-state index contributed by atoms with van der Waals surface area (Å²) < 4.78 is 142. The largest absolute Gasteiger partial charge is 0.460 e. The summed E-state index contributed by atoms with van der Waals surface area (Å²) >= 11 is 0. The lowest BCUT2D eigenvalue weighted by atomic mass is 9.50. The predicted octanol–water partition coefficient (Wildman–Crippen LogP) is 18.9. The van der Waals surface area contributed by atoms with Crippen molar-refractivity contribution in [2.45, 2.75) is 275 Å². The first-order valence-electron chi connectivity index (χ1n) is 36.4. The van der Waals surface area contributed by atoms with E-state index < -0.39 is 70.0 Å². The first kappa shape index (κ1) is 77.8. The molecule has 16 aliphatic rings. The molecule has 0 aliphatic heterocycles. The number of fused-ring (bicyclic) bond motifs is 6. The lowest BCUT2D eigenvalue weighted by molar-refractivity contribution is -0.207. The molecule has 0 aromatic carbocycles. The van der Waals surface area contributed by atoms with Gasteiger partial charge in [0.25, 0.3) is 0 Å². The second-order valence-corrected chi connectivity index (χ2v) is 34.5. The summed E-state index contributed by atoms with van der Waals surface area (Å²) in [6.45, 7) is 26.2. The van der Waals surface area contributed by atoms with E-state index >= 15 is 0 Å². The maximum Gasteiger partial charge on any atom is 0.422 e. The normalized spacial score (nSPS) is 36.5. The van der Waals surface area contributed by atoms with Crippen molar-refractivity contribution in [2.24, 2.45) is 101 Å². The molecule has 0 aromatic heterocycles. The number of alkyl halides is 9. The minimum Gasteiger partial charge on any atom is -0.460 e. The van der Waals surface area contributed by atoms with E-state index in [1.165, 1.54) is 85.0 Å². The third kappa shape index (κ3) is 19.1. The number of carbonyl (C=O) groups excluding carboxylic acids is 6. The third-order valence-corrected chi connectivity index (χ3v) is 24.5. The van der Waals surface area contributed by atoms with Crippen LogP contribution in [0.15, 0.2) is 72.9 Å². The maximum atomic E-state index is 12.8. The van der Waals surface area contributed by atoms with Crippen molar-refractivity contribution in [1.82, 2.24) is 0 Å². The Kier molecular flexibility index (Phi) is 23.1. The van der Waals surface area contributed by atoms with E-state index in [1.807, 2.05) is 27.7 Å². The summed E-state index contributed by atoms with van der Waals surface area (Å²) in [5.74, 6) is 4.84. The first-order chi connectivity index (χ1) is 45.7. The fraction of sp³-hybridized carbons (Fsp3) is 0.769. The molecule has 0 saturated heterocycles. The number of esters is 6. The number of hydrogen-bond acceptors (Lipinski definition) is 12. The molecular formula is C78H107F9O12. The second-order valence-electron chi connectivity index (χ2n) is 34.5. The lowest BCUT2D eigenvalue weighted by Crippen LogP contribution is -2.58. The number of rotatable bonds is 10. The fourth-order valence-electron chi connectivity index (χ4n) is 19.4. The van der Waals surface area contributed by atoms with Crippen molar-refractivity contribution < 1.29 is 96.7 Å². The van der Waals surface area contributed by atoms with Crippen LogP contribution in [0.1, 0.15) is 223 Å². The van der Waals surface area contributed by atoms with Gasteiger partial charge in [0.15, 0.2) is 0 Å². The summed E-state index contributed by atoms with van der Waals surface area (Å²) in [5, 5.41) is 0. The van der Waals surface area contributed by atoms with E-state index in [2.05, 4.69) is 74.8 Å². The van der Waals surface area contributed by atoms with Gasteiger partial charge in [0.05, 0.1) is 17.8 Å². The molecular weight excluding hydrogens is 1300 g/mol. The standard InChI is InChI=1S/C19H26O2.C15H19F3O2.C14H20O2.C12H18O2.C10H13F3O2.C8H11F3O2/c1-19(15-6-12-4-13(8-15)9-16(19)7-12)21-18(20)17-10-11-2-3-14(17)5-11;1-8(15(16,17)18)13(19)20-14(2)11-4-9-3-10(6-11)7-12(14)5-9;1-14(6-2-3-7-14)16-13(15)12-9-10-4-5-11(12)8-10;1-12(2,3)14-11(13)10-7-8-4-5-9(10)6-8;1-7(10(11,12)13)8(14)15-9(2)5-3-4-6-9;1-5(8(9,10)11)6(12)13-7(2,3)4/h2-3,11-17H,4-10H2,1H3;9-12H,1,3-7H2,2H3;4-5,10-12H,2-3,6-9H2,1H3;4-5,8-10H,6-7H2,1-3H3;1,3-6H2,2H3;1H2,2-4H3. The molecule has 0 heterocycles. The Hall–Kier alpha value is -5.37. The van der Waals surface area contributed by atoms with Gasteiger partial charge in [-0.15, -0.1) is 0 Å². The molecule has 9 unspecified atom stereocenters. The van der Waals surface area contributed by atoms with Crippen LogP contribution in [0.2, 0.25) is 0 Å². The van der Waals surface area contributed by atoms with Crippen LogP contribution in [0.3, 0.4) is 0 Å². The molecule has 9 atom stereocenters. The molecule has 21 heteroatoms.